The lowest BCUT2D eigenvalue weighted by Crippen LogP contribution is -2.36. The maximum atomic E-state index is 11.2. The molecule has 0 fully saturated rings. The maximum absolute atomic E-state index is 11.2. The predicted molar refractivity (Wildman–Crippen MR) is 81.7 cm³/mol. The molecule has 0 aliphatic rings. The molecule has 0 rings (SSSR count). The Morgan fingerprint density at radius 2 is 0.926 bits per heavy atom. The van der Waals surface area contributed by atoms with Gasteiger partial charge in [0, 0.05) is 40.3 Å². The normalized spacial score (nSPS) is 11.9. The van der Waals surface area contributed by atoms with Gasteiger partial charge in [-0.05, 0) is 37.8 Å². The number of carbonyl (C=O) groups is 2. The average Bonchev–Trinajstić information content (AvgIpc) is 2.55. The minimum Gasteiger partial charge on any atom is -0.326 e. The molecular weight excluding hydrogens is 376 g/mol. The lowest BCUT2D eigenvalue weighted by atomic mass is 10.6. The SMILES string of the molecule is CCOC(C)(OCC)OOOC(=O)OC(=O)OOOC(C)(OCC)OCC. The highest BCUT2D eigenvalue weighted by Gasteiger charge is 2.31. The highest BCUT2D eigenvalue weighted by Crippen LogP contribution is 2.16. The summed E-state index contributed by atoms with van der Waals surface area (Å²) in [5.74, 6) is -3.27. The van der Waals surface area contributed by atoms with Crippen molar-refractivity contribution in [3.8, 4) is 0 Å². The Bertz CT molecular complexity index is 377. The first-order valence-electron chi connectivity index (χ1n) is 8.10. The van der Waals surface area contributed by atoms with Crippen LogP contribution in [0, 0.1) is 0 Å². The van der Waals surface area contributed by atoms with Gasteiger partial charge in [0.2, 0.25) is 0 Å². The molecule has 0 unspecified atom stereocenters. The van der Waals surface area contributed by atoms with E-state index in [0.29, 0.717) is 0 Å². The van der Waals surface area contributed by atoms with Gasteiger partial charge in [0.1, 0.15) is 0 Å². The van der Waals surface area contributed by atoms with E-state index in [0.717, 1.165) is 0 Å². The smallest absolute Gasteiger partial charge is 0.326 e. The Balaban J connectivity index is 4.15. The number of rotatable bonds is 14. The zero-order chi connectivity index (χ0) is 20.8. The molecule has 160 valence electrons. The zero-order valence-corrected chi connectivity index (χ0v) is 16.1. The van der Waals surface area contributed by atoms with Crippen molar-refractivity contribution >= 4 is 12.3 Å². The topological polar surface area (TPSA) is 136 Å². The van der Waals surface area contributed by atoms with Crippen molar-refractivity contribution in [3.05, 3.63) is 0 Å². The molecule has 0 bridgehead atoms. The second kappa shape index (κ2) is 13.6. The molecule has 0 N–H and O–H groups in total. The van der Waals surface area contributed by atoms with Crippen molar-refractivity contribution in [1.29, 1.82) is 0 Å². The second-order valence-corrected chi connectivity index (χ2v) is 4.53. The van der Waals surface area contributed by atoms with Crippen molar-refractivity contribution in [2.45, 2.75) is 53.5 Å². The zero-order valence-electron chi connectivity index (χ0n) is 16.1. The first kappa shape index (κ1) is 25.4. The van der Waals surface area contributed by atoms with E-state index in [1.807, 2.05) is 0 Å². The van der Waals surface area contributed by atoms with Crippen LogP contribution in [0.15, 0.2) is 0 Å². The van der Waals surface area contributed by atoms with E-state index in [2.05, 4.69) is 34.4 Å². The Morgan fingerprint density at radius 3 is 1.19 bits per heavy atom. The fraction of sp³-hybridized carbons (Fsp3) is 0.857. The van der Waals surface area contributed by atoms with Crippen molar-refractivity contribution in [1.82, 2.24) is 0 Å². The van der Waals surface area contributed by atoms with Crippen LogP contribution < -0.4 is 0 Å². The Kier molecular flexibility index (Phi) is 12.8. The van der Waals surface area contributed by atoms with Crippen LogP contribution in [0.5, 0.6) is 0 Å². The minimum atomic E-state index is -1.63. The number of hydrogen-bond acceptors (Lipinski definition) is 13. The average molecular weight is 402 g/mol. The summed E-state index contributed by atoms with van der Waals surface area (Å²) in [6.07, 6.45) is -3.26. The summed E-state index contributed by atoms with van der Waals surface area (Å²) in [5, 5.41) is 8.29. The third-order valence-electron chi connectivity index (χ3n) is 2.37. The van der Waals surface area contributed by atoms with E-state index < -0.39 is 24.3 Å². The van der Waals surface area contributed by atoms with Gasteiger partial charge in [-0.15, -0.1) is 9.78 Å². The predicted octanol–water partition coefficient (Wildman–Crippen LogP) is 2.50. The third-order valence-corrected chi connectivity index (χ3v) is 2.37. The van der Waals surface area contributed by atoms with Crippen molar-refractivity contribution in [3.63, 3.8) is 0 Å². The summed E-state index contributed by atoms with van der Waals surface area (Å²) >= 11 is 0. The van der Waals surface area contributed by atoms with Crippen LogP contribution in [0.25, 0.3) is 0 Å². The molecule has 0 atom stereocenters. The van der Waals surface area contributed by atoms with Gasteiger partial charge < -0.3 is 23.7 Å². The van der Waals surface area contributed by atoms with Crippen LogP contribution in [0.3, 0.4) is 0 Å². The highest BCUT2D eigenvalue weighted by molar-refractivity contribution is 5.76. The van der Waals surface area contributed by atoms with Crippen LogP contribution in [0.4, 0.5) is 9.59 Å². The number of carbonyl (C=O) groups excluding carboxylic acids is 2. The van der Waals surface area contributed by atoms with Crippen molar-refractivity contribution in [2.75, 3.05) is 26.4 Å². The van der Waals surface area contributed by atoms with Gasteiger partial charge in [-0.25, -0.2) is 9.78 Å². The fourth-order valence-corrected chi connectivity index (χ4v) is 1.54. The van der Waals surface area contributed by atoms with E-state index in [9.17, 15) is 9.59 Å². The van der Waals surface area contributed by atoms with E-state index in [-0.39, 0.29) is 26.4 Å². The molecule has 13 nitrogen and oxygen atoms in total. The third kappa shape index (κ3) is 11.7. The van der Waals surface area contributed by atoms with Crippen molar-refractivity contribution < 1.29 is 62.9 Å². The molecular formula is C14H26O13. The van der Waals surface area contributed by atoms with E-state index in [4.69, 9.17) is 18.9 Å². The molecule has 0 aliphatic carbocycles. The van der Waals surface area contributed by atoms with Gasteiger partial charge >= 0.3 is 24.3 Å². The largest absolute Gasteiger partial charge is 0.553 e. The maximum Gasteiger partial charge on any atom is 0.553 e. The Labute approximate surface area is 156 Å². The monoisotopic (exact) mass is 402 g/mol. The quantitative estimate of drug-likeness (QED) is 0.138. The highest BCUT2D eigenvalue weighted by atomic mass is 17.6. The molecule has 0 aliphatic heterocycles. The van der Waals surface area contributed by atoms with Crippen LogP contribution >= 0.6 is 0 Å². The van der Waals surface area contributed by atoms with Crippen LogP contribution in [0.2, 0.25) is 0 Å². The molecule has 0 aromatic carbocycles. The molecule has 0 aromatic rings. The van der Waals surface area contributed by atoms with E-state index in [1.165, 1.54) is 13.8 Å². The number of ether oxygens (including phenoxy) is 5. The standard InChI is InChI=1S/C14H26O13/c1-7-17-13(5,18-8-2)24-26-22-11(15)21-12(16)23-27-25-14(6,19-9-3)20-10-4/h7-10H2,1-6H3. The first-order valence-corrected chi connectivity index (χ1v) is 8.10. The molecule has 0 saturated heterocycles. The summed E-state index contributed by atoms with van der Waals surface area (Å²) in [5.41, 5.74) is 0. The summed E-state index contributed by atoms with van der Waals surface area (Å²) in [7, 11) is 0. The summed E-state index contributed by atoms with van der Waals surface area (Å²) in [6.45, 7) is 10.3. The number of hydrogen-bond donors (Lipinski definition) is 0. The Morgan fingerprint density at radius 1 is 0.630 bits per heavy atom. The molecule has 13 heteroatoms. The first-order chi connectivity index (χ1) is 12.7. The fourth-order valence-electron chi connectivity index (χ4n) is 1.54. The van der Waals surface area contributed by atoms with Gasteiger partial charge in [0.25, 0.3) is 0 Å². The lowest BCUT2D eigenvalue weighted by molar-refractivity contribution is -0.594. The summed E-state index contributed by atoms with van der Waals surface area (Å²) < 4.78 is 24.4. The van der Waals surface area contributed by atoms with Gasteiger partial charge in [0.05, 0.1) is 0 Å². The van der Waals surface area contributed by atoms with Crippen LogP contribution in [-0.4, -0.2) is 50.7 Å². The van der Waals surface area contributed by atoms with Crippen molar-refractivity contribution in [2.24, 2.45) is 0 Å². The van der Waals surface area contributed by atoms with Gasteiger partial charge in [-0.2, -0.15) is 9.59 Å². The molecule has 0 saturated carbocycles. The van der Waals surface area contributed by atoms with Crippen LogP contribution in [-0.2, 0) is 53.3 Å². The second-order valence-electron chi connectivity index (χ2n) is 4.53. The van der Waals surface area contributed by atoms with Gasteiger partial charge in [0.15, 0.2) is 0 Å². The molecule has 0 aromatic heterocycles. The minimum absolute atomic E-state index is 0.219. The molecule has 27 heavy (non-hydrogen) atoms. The lowest BCUT2D eigenvalue weighted by Gasteiger charge is -2.25. The molecule has 0 radical (unpaired) electrons. The van der Waals surface area contributed by atoms with E-state index in [1.54, 1.807) is 27.7 Å². The summed E-state index contributed by atoms with van der Waals surface area (Å²) in [4.78, 5) is 39.8. The van der Waals surface area contributed by atoms with Gasteiger partial charge in [-0.1, -0.05) is 0 Å². The van der Waals surface area contributed by atoms with Gasteiger partial charge in [-0.3, -0.25) is 0 Å². The summed E-state index contributed by atoms with van der Waals surface area (Å²) in [6, 6.07) is 0. The molecule has 0 amide bonds. The molecule has 0 heterocycles. The van der Waals surface area contributed by atoms with Crippen LogP contribution in [0.1, 0.15) is 41.5 Å². The van der Waals surface area contributed by atoms with E-state index >= 15 is 0 Å². The molecule has 0 spiro atoms. The Hall–Kier alpha value is -1.58.